The lowest BCUT2D eigenvalue weighted by atomic mass is 9.80. The zero-order chi connectivity index (χ0) is 22.6. The van der Waals surface area contributed by atoms with Gasteiger partial charge >= 0.3 is 0 Å². The van der Waals surface area contributed by atoms with E-state index in [1.807, 2.05) is 54.6 Å². The predicted molar refractivity (Wildman–Crippen MR) is 129 cm³/mol. The molecular weight excluding hydrogens is 398 g/mol. The second kappa shape index (κ2) is 9.68. The molecule has 1 aliphatic carbocycles. The van der Waals surface area contributed by atoms with Crippen LogP contribution in [-0.4, -0.2) is 30.7 Å². The van der Waals surface area contributed by atoms with Gasteiger partial charge in [0.15, 0.2) is 0 Å². The zero-order valence-electron chi connectivity index (χ0n) is 19.1. The number of rotatable bonds is 7. The van der Waals surface area contributed by atoms with Gasteiger partial charge in [-0.2, -0.15) is 0 Å². The topological polar surface area (TPSA) is 61.8 Å². The van der Waals surface area contributed by atoms with E-state index in [0.29, 0.717) is 0 Å². The Balaban J connectivity index is 1.69. The minimum atomic E-state index is -0.932. The van der Waals surface area contributed by atoms with Gasteiger partial charge in [0.1, 0.15) is 0 Å². The molecule has 1 aliphatic heterocycles. The van der Waals surface area contributed by atoms with E-state index >= 15 is 0 Å². The van der Waals surface area contributed by atoms with Gasteiger partial charge in [-0.3, -0.25) is 9.59 Å². The number of benzodiazepines with no additional fused rings is 1. The smallest absolute Gasteiger partial charge is 0.272 e. The molecule has 1 fully saturated rings. The van der Waals surface area contributed by atoms with E-state index in [0.717, 1.165) is 73.9 Å². The molecule has 1 heterocycles. The molecule has 0 saturated heterocycles. The van der Waals surface area contributed by atoms with Gasteiger partial charge in [-0.1, -0.05) is 87.6 Å². The quantitative estimate of drug-likeness (QED) is 0.621. The molecule has 32 heavy (non-hydrogen) atoms. The van der Waals surface area contributed by atoms with Crippen molar-refractivity contribution in [2.45, 2.75) is 64.5 Å². The fraction of sp³-hybridized carbons (Fsp3) is 0.444. The number of anilines is 1. The Morgan fingerprint density at radius 3 is 2.47 bits per heavy atom. The first-order valence-corrected chi connectivity index (χ1v) is 11.9. The van der Waals surface area contributed by atoms with Crippen molar-refractivity contribution >= 4 is 23.2 Å². The number of amides is 2. The van der Waals surface area contributed by atoms with Crippen molar-refractivity contribution in [3.63, 3.8) is 0 Å². The van der Waals surface area contributed by atoms with Crippen LogP contribution in [0.4, 0.5) is 5.69 Å². The lowest BCUT2D eigenvalue weighted by Gasteiger charge is -2.30. The average molecular weight is 432 g/mol. The molecule has 0 radical (unpaired) electrons. The summed E-state index contributed by atoms with van der Waals surface area (Å²) in [4.78, 5) is 33.4. The Morgan fingerprint density at radius 1 is 1.06 bits per heavy atom. The Hall–Kier alpha value is -2.95. The molecule has 2 amide bonds. The van der Waals surface area contributed by atoms with Crippen LogP contribution in [0.15, 0.2) is 59.6 Å². The van der Waals surface area contributed by atoms with Crippen LogP contribution in [0.25, 0.3) is 0 Å². The van der Waals surface area contributed by atoms with Crippen molar-refractivity contribution in [1.82, 2.24) is 5.32 Å². The van der Waals surface area contributed by atoms with E-state index < -0.39 is 6.17 Å². The fourth-order valence-corrected chi connectivity index (χ4v) is 5.08. The van der Waals surface area contributed by atoms with E-state index in [-0.39, 0.29) is 17.2 Å². The Bertz CT molecular complexity index is 993. The molecule has 2 aromatic carbocycles. The van der Waals surface area contributed by atoms with Crippen molar-refractivity contribution < 1.29 is 9.59 Å². The molecule has 168 valence electrons. The second-order valence-corrected chi connectivity index (χ2v) is 9.08. The summed E-state index contributed by atoms with van der Waals surface area (Å²) in [5.41, 5.74) is 2.99. The molecule has 1 atom stereocenters. The summed E-state index contributed by atoms with van der Waals surface area (Å²) in [5.74, 6) is -0.224. The van der Waals surface area contributed by atoms with Crippen LogP contribution in [0.1, 0.15) is 69.4 Å². The number of hydrogen-bond donors (Lipinski definition) is 1. The lowest BCUT2D eigenvalue weighted by molar-refractivity contribution is -0.134. The number of benzene rings is 2. The SMILES string of the molecule is CCCCCC1(C(=O)NC2N=C(c3ccccc3)c3ccccc3N(C)C2=O)CCCC1. The number of hydrogen-bond acceptors (Lipinski definition) is 3. The summed E-state index contributed by atoms with van der Waals surface area (Å²) in [6.45, 7) is 2.18. The zero-order valence-corrected chi connectivity index (χ0v) is 19.1. The first-order valence-electron chi connectivity index (χ1n) is 11.9. The highest BCUT2D eigenvalue weighted by molar-refractivity contribution is 6.20. The normalized spacial score (nSPS) is 19.8. The standard InChI is InChI=1S/C27H33N3O2/c1-3-4-10-17-27(18-11-12-19-27)26(32)29-24-25(31)30(2)22-16-9-8-15-21(22)23(28-24)20-13-6-5-7-14-20/h5-9,13-16,24H,3-4,10-12,17-19H2,1-2H3,(H,29,32). The number of para-hydroxylation sites is 1. The van der Waals surface area contributed by atoms with Gasteiger partial charge in [0, 0.05) is 23.6 Å². The number of likely N-dealkylation sites (N-methyl/N-ethyl adjacent to an activating group) is 1. The number of aliphatic imine (C=N–C) groups is 1. The number of carbonyl (C=O) groups excluding carboxylic acids is 2. The van der Waals surface area contributed by atoms with Crippen molar-refractivity contribution in [2.75, 3.05) is 11.9 Å². The minimum absolute atomic E-state index is 0.0139. The maximum Gasteiger partial charge on any atom is 0.272 e. The third-order valence-corrected chi connectivity index (χ3v) is 6.96. The molecule has 4 rings (SSSR count). The number of fused-ring (bicyclic) bond motifs is 1. The summed E-state index contributed by atoms with van der Waals surface area (Å²) in [6, 6.07) is 17.7. The number of unbranched alkanes of at least 4 members (excludes halogenated alkanes) is 2. The van der Waals surface area contributed by atoms with E-state index in [1.54, 1.807) is 11.9 Å². The number of carbonyl (C=O) groups is 2. The summed E-state index contributed by atoms with van der Waals surface area (Å²) in [5, 5.41) is 3.07. The maximum absolute atomic E-state index is 13.6. The molecular formula is C27H33N3O2. The van der Waals surface area contributed by atoms with Crippen LogP contribution in [0.2, 0.25) is 0 Å². The average Bonchev–Trinajstić information content (AvgIpc) is 3.28. The third-order valence-electron chi connectivity index (χ3n) is 6.96. The lowest BCUT2D eigenvalue weighted by Crippen LogP contribution is -2.50. The molecule has 5 nitrogen and oxygen atoms in total. The van der Waals surface area contributed by atoms with Crippen LogP contribution in [0.5, 0.6) is 0 Å². The number of nitrogens with one attached hydrogen (secondary N) is 1. The summed E-state index contributed by atoms with van der Waals surface area (Å²) < 4.78 is 0. The summed E-state index contributed by atoms with van der Waals surface area (Å²) in [7, 11) is 1.76. The van der Waals surface area contributed by atoms with Gasteiger partial charge in [0.25, 0.3) is 5.91 Å². The highest BCUT2D eigenvalue weighted by Crippen LogP contribution is 2.43. The van der Waals surface area contributed by atoms with Gasteiger partial charge in [-0.25, -0.2) is 4.99 Å². The summed E-state index contributed by atoms with van der Waals surface area (Å²) in [6.07, 6.45) is 7.20. The van der Waals surface area contributed by atoms with Crippen molar-refractivity contribution in [3.05, 3.63) is 65.7 Å². The van der Waals surface area contributed by atoms with Crippen LogP contribution >= 0.6 is 0 Å². The van der Waals surface area contributed by atoms with Gasteiger partial charge < -0.3 is 10.2 Å². The molecule has 5 heteroatoms. The number of nitrogens with zero attached hydrogens (tertiary/aromatic N) is 2. The third kappa shape index (κ3) is 4.34. The first kappa shape index (κ1) is 22.3. The molecule has 0 aromatic heterocycles. The van der Waals surface area contributed by atoms with Gasteiger partial charge in [0.2, 0.25) is 12.1 Å². The Morgan fingerprint density at radius 2 is 1.75 bits per heavy atom. The highest BCUT2D eigenvalue weighted by atomic mass is 16.2. The van der Waals surface area contributed by atoms with E-state index in [2.05, 4.69) is 12.2 Å². The Labute approximate surface area is 190 Å². The van der Waals surface area contributed by atoms with E-state index in [4.69, 9.17) is 4.99 Å². The van der Waals surface area contributed by atoms with Crippen LogP contribution < -0.4 is 10.2 Å². The molecule has 0 bridgehead atoms. The molecule has 1 N–H and O–H groups in total. The summed E-state index contributed by atoms with van der Waals surface area (Å²) >= 11 is 0. The van der Waals surface area contributed by atoms with Gasteiger partial charge in [-0.15, -0.1) is 0 Å². The molecule has 2 aromatic rings. The Kier molecular flexibility index (Phi) is 6.73. The first-order chi connectivity index (χ1) is 15.6. The van der Waals surface area contributed by atoms with Crippen molar-refractivity contribution in [2.24, 2.45) is 10.4 Å². The highest BCUT2D eigenvalue weighted by Gasteiger charge is 2.42. The van der Waals surface area contributed by atoms with E-state index in [1.165, 1.54) is 0 Å². The minimum Gasteiger partial charge on any atom is -0.326 e. The van der Waals surface area contributed by atoms with Crippen LogP contribution in [-0.2, 0) is 9.59 Å². The largest absolute Gasteiger partial charge is 0.326 e. The van der Waals surface area contributed by atoms with Gasteiger partial charge in [0.05, 0.1) is 11.4 Å². The monoisotopic (exact) mass is 431 g/mol. The van der Waals surface area contributed by atoms with E-state index in [9.17, 15) is 9.59 Å². The fourth-order valence-electron chi connectivity index (χ4n) is 5.08. The maximum atomic E-state index is 13.6. The van der Waals surface area contributed by atoms with Crippen LogP contribution in [0.3, 0.4) is 0 Å². The molecule has 0 spiro atoms. The van der Waals surface area contributed by atoms with Crippen molar-refractivity contribution in [3.8, 4) is 0 Å². The molecule has 1 unspecified atom stereocenters. The van der Waals surface area contributed by atoms with Crippen molar-refractivity contribution in [1.29, 1.82) is 0 Å². The molecule has 1 saturated carbocycles. The second-order valence-electron chi connectivity index (χ2n) is 9.08. The molecule has 2 aliphatic rings. The van der Waals surface area contributed by atoms with Crippen LogP contribution in [0, 0.1) is 5.41 Å². The predicted octanol–water partition coefficient (Wildman–Crippen LogP) is 5.08. The van der Waals surface area contributed by atoms with Gasteiger partial charge in [-0.05, 0) is 25.3 Å².